The molecule has 0 atom stereocenters. The molecule has 23 heavy (non-hydrogen) atoms. The highest BCUT2D eigenvalue weighted by Gasteiger charge is 2.31. The van der Waals surface area contributed by atoms with Crippen LogP contribution in [-0.2, 0) is 9.53 Å². The van der Waals surface area contributed by atoms with E-state index in [1.54, 1.807) is 26.8 Å². The van der Waals surface area contributed by atoms with Crippen molar-refractivity contribution < 1.29 is 23.6 Å². The first-order valence-corrected chi connectivity index (χ1v) is 7.42. The molecular weight excluding hydrogens is 300 g/mol. The van der Waals surface area contributed by atoms with Crippen LogP contribution in [0.1, 0.15) is 55.6 Å². The van der Waals surface area contributed by atoms with Crippen molar-refractivity contribution in [2.75, 3.05) is 7.11 Å². The summed E-state index contributed by atoms with van der Waals surface area (Å²) in [6.07, 6.45) is 2.05. The largest absolute Gasteiger partial charge is 0.465 e. The van der Waals surface area contributed by atoms with Crippen molar-refractivity contribution >= 4 is 23.0 Å². The zero-order valence-corrected chi connectivity index (χ0v) is 13.5. The van der Waals surface area contributed by atoms with Gasteiger partial charge in [0.15, 0.2) is 0 Å². The average molecular weight is 318 g/mol. The normalized spacial score (nSPS) is 14.8. The molecule has 3 rings (SSSR count). The third-order valence-corrected chi connectivity index (χ3v) is 3.64. The Kier molecular flexibility index (Phi) is 3.58. The number of ether oxygens (including phenoxy) is 2. The van der Waals surface area contributed by atoms with Crippen molar-refractivity contribution in [3.05, 3.63) is 17.3 Å². The van der Waals surface area contributed by atoms with Gasteiger partial charge >= 0.3 is 11.9 Å². The van der Waals surface area contributed by atoms with Gasteiger partial charge < -0.3 is 14.0 Å². The van der Waals surface area contributed by atoms with Gasteiger partial charge in [-0.2, -0.15) is 0 Å². The minimum atomic E-state index is -0.710. The number of carbonyl (C=O) groups is 2. The Hall–Kier alpha value is -2.44. The molecule has 0 radical (unpaired) electrons. The van der Waals surface area contributed by atoms with E-state index in [0.717, 1.165) is 18.5 Å². The van der Waals surface area contributed by atoms with Crippen molar-refractivity contribution in [2.24, 2.45) is 5.41 Å². The molecule has 1 aliphatic carbocycles. The molecule has 1 fully saturated rings. The number of carbonyl (C=O) groups excluding carboxylic acids is 2. The second-order valence-electron chi connectivity index (χ2n) is 6.67. The second kappa shape index (κ2) is 5.33. The van der Waals surface area contributed by atoms with Crippen molar-refractivity contribution in [1.82, 2.24) is 10.1 Å². The van der Waals surface area contributed by atoms with Gasteiger partial charge in [-0.15, -0.1) is 0 Å². The zero-order valence-electron chi connectivity index (χ0n) is 13.5. The van der Waals surface area contributed by atoms with Crippen LogP contribution in [0.3, 0.4) is 0 Å². The number of fused-ring (bicyclic) bond motifs is 1. The second-order valence-corrected chi connectivity index (χ2v) is 6.67. The van der Waals surface area contributed by atoms with E-state index in [-0.39, 0.29) is 22.5 Å². The van der Waals surface area contributed by atoms with Gasteiger partial charge in [0.05, 0.1) is 18.1 Å². The maximum Gasteiger partial charge on any atom is 0.338 e. The summed E-state index contributed by atoms with van der Waals surface area (Å²) in [6, 6.07) is 1.66. The Morgan fingerprint density at radius 2 is 2.00 bits per heavy atom. The van der Waals surface area contributed by atoms with Crippen LogP contribution in [-0.4, -0.2) is 29.2 Å². The van der Waals surface area contributed by atoms with Crippen molar-refractivity contribution in [3.63, 3.8) is 0 Å². The monoisotopic (exact) mass is 318 g/mol. The predicted molar refractivity (Wildman–Crippen MR) is 80.2 cm³/mol. The third-order valence-electron chi connectivity index (χ3n) is 3.64. The van der Waals surface area contributed by atoms with Gasteiger partial charge in [0.25, 0.3) is 11.6 Å². The fraction of sp³-hybridized carbons (Fsp3) is 0.500. The maximum atomic E-state index is 12.1. The van der Waals surface area contributed by atoms with Crippen molar-refractivity contribution in [1.29, 1.82) is 0 Å². The van der Waals surface area contributed by atoms with Gasteiger partial charge in [-0.3, -0.25) is 4.79 Å². The molecule has 122 valence electrons. The molecule has 1 saturated carbocycles. The lowest BCUT2D eigenvalue weighted by molar-refractivity contribution is -0.143. The number of methoxy groups -OCH3 is 1. The summed E-state index contributed by atoms with van der Waals surface area (Å²) in [6.45, 7) is 5.17. The maximum absolute atomic E-state index is 12.1. The van der Waals surface area contributed by atoms with E-state index in [2.05, 4.69) is 10.1 Å². The first kappa shape index (κ1) is 15.5. The van der Waals surface area contributed by atoms with E-state index in [9.17, 15) is 9.59 Å². The molecule has 0 unspecified atom stereocenters. The van der Waals surface area contributed by atoms with Crippen molar-refractivity contribution in [3.8, 4) is 5.88 Å². The number of rotatable bonds is 3. The Morgan fingerprint density at radius 3 is 2.57 bits per heavy atom. The highest BCUT2D eigenvalue weighted by molar-refractivity contribution is 6.04. The number of nitrogens with zero attached hydrogens (tertiary/aromatic N) is 2. The number of esters is 2. The summed E-state index contributed by atoms with van der Waals surface area (Å²) in [5.74, 6) is -0.756. The Balaban J connectivity index is 2.10. The minimum absolute atomic E-state index is 0.0600. The lowest BCUT2D eigenvalue weighted by Gasteiger charge is -2.14. The molecule has 0 amide bonds. The molecule has 0 aromatic carbocycles. The fourth-order valence-corrected chi connectivity index (χ4v) is 2.11. The molecule has 0 saturated heterocycles. The highest BCUT2D eigenvalue weighted by atomic mass is 16.6. The SMILES string of the molecule is COC(=O)c1cc(C2CC2)nc2onc(OC(=O)C(C)(C)C)c12. The van der Waals surface area contributed by atoms with Crippen LogP contribution in [0.15, 0.2) is 10.6 Å². The van der Waals surface area contributed by atoms with Gasteiger partial charge in [0.2, 0.25) is 0 Å². The number of hydrogen-bond donors (Lipinski definition) is 0. The molecule has 1 aliphatic rings. The fourth-order valence-electron chi connectivity index (χ4n) is 2.11. The molecule has 0 aliphatic heterocycles. The molecule has 2 aromatic rings. The number of hydrogen-bond acceptors (Lipinski definition) is 7. The molecule has 2 aromatic heterocycles. The van der Waals surface area contributed by atoms with E-state index in [4.69, 9.17) is 14.0 Å². The molecule has 2 heterocycles. The first-order chi connectivity index (χ1) is 10.8. The lowest BCUT2D eigenvalue weighted by atomic mass is 9.97. The Morgan fingerprint density at radius 1 is 1.30 bits per heavy atom. The summed E-state index contributed by atoms with van der Waals surface area (Å²) in [5, 5.41) is 4.02. The van der Waals surface area contributed by atoms with Crippen LogP contribution in [0.2, 0.25) is 0 Å². The quantitative estimate of drug-likeness (QED) is 0.803. The van der Waals surface area contributed by atoms with Crippen LogP contribution < -0.4 is 4.74 Å². The molecule has 7 heteroatoms. The molecule has 0 N–H and O–H groups in total. The van der Waals surface area contributed by atoms with Crippen molar-refractivity contribution in [2.45, 2.75) is 39.5 Å². The third kappa shape index (κ3) is 2.91. The van der Waals surface area contributed by atoms with Crippen LogP contribution in [0.5, 0.6) is 5.88 Å². The molecule has 7 nitrogen and oxygen atoms in total. The highest BCUT2D eigenvalue weighted by Crippen LogP contribution is 2.41. The van der Waals surface area contributed by atoms with Crippen LogP contribution in [0.25, 0.3) is 11.1 Å². The van der Waals surface area contributed by atoms with Crippen LogP contribution in [0.4, 0.5) is 0 Å². The van der Waals surface area contributed by atoms with Crippen LogP contribution >= 0.6 is 0 Å². The first-order valence-electron chi connectivity index (χ1n) is 7.42. The van der Waals surface area contributed by atoms with Gasteiger partial charge in [0.1, 0.15) is 5.39 Å². The minimum Gasteiger partial charge on any atom is -0.465 e. The van der Waals surface area contributed by atoms with Crippen LogP contribution in [0, 0.1) is 5.41 Å². The lowest BCUT2D eigenvalue weighted by Crippen LogP contribution is -2.25. The van der Waals surface area contributed by atoms with Gasteiger partial charge in [-0.25, -0.2) is 9.78 Å². The Bertz CT molecular complexity index is 784. The van der Waals surface area contributed by atoms with Gasteiger partial charge in [0, 0.05) is 11.6 Å². The van der Waals surface area contributed by atoms with E-state index in [0.29, 0.717) is 5.92 Å². The predicted octanol–water partition coefficient (Wildman–Crippen LogP) is 2.84. The van der Waals surface area contributed by atoms with E-state index in [1.807, 2.05) is 0 Å². The summed E-state index contributed by atoms with van der Waals surface area (Å²) in [5.41, 5.74) is 0.476. The summed E-state index contributed by atoms with van der Waals surface area (Å²) in [7, 11) is 1.29. The summed E-state index contributed by atoms with van der Waals surface area (Å²) in [4.78, 5) is 28.5. The zero-order chi connectivity index (χ0) is 16.8. The summed E-state index contributed by atoms with van der Waals surface area (Å²) < 4.78 is 15.3. The molecule has 0 bridgehead atoms. The summed E-state index contributed by atoms with van der Waals surface area (Å²) >= 11 is 0. The number of aromatic nitrogens is 2. The van der Waals surface area contributed by atoms with E-state index in [1.165, 1.54) is 7.11 Å². The standard InChI is InChI=1S/C16H18N2O5/c1-16(2,3)15(20)22-13-11-9(14(19)21-4)7-10(8-5-6-8)17-12(11)23-18-13/h7-8H,5-6H2,1-4H3. The molecular formula is C16H18N2O5. The average Bonchev–Trinajstić information content (AvgIpc) is 3.27. The van der Waals surface area contributed by atoms with Gasteiger partial charge in [-0.1, -0.05) is 0 Å². The molecule has 0 spiro atoms. The van der Waals surface area contributed by atoms with E-state index >= 15 is 0 Å². The van der Waals surface area contributed by atoms with Gasteiger partial charge in [-0.05, 0) is 44.8 Å². The smallest absolute Gasteiger partial charge is 0.338 e. The number of pyridine rings is 1. The Labute approximate surface area is 132 Å². The topological polar surface area (TPSA) is 91.5 Å². The van der Waals surface area contributed by atoms with E-state index < -0.39 is 17.4 Å².